The number of benzene rings is 2. The van der Waals surface area contributed by atoms with Gasteiger partial charge >= 0.3 is 0 Å². The van der Waals surface area contributed by atoms with E-state index in [0.29, 0.717) is 17.8 Å². The zero-order valence-corrected chi connectivity index (χ0v) is 16.3. The predicted molar refractivity (Wildman–Crippen MR) is 113 cm³/mol. The molecule has 0 saturated carbocycles. The van der Waals surface area contributed by atoms with Crippen LogP contribution in [0.3, 0.4) is 0 Å². The minimum Gasteiger partial charge on any atom is -0.366 e. The number of hydrogen-bond donors (Lipinski definition) is 1. The number of nitrogens with zero attached hydrogens (tertiary/aromatic N) is 4. The van der Waals surface area contributed by atoms with Gasteiger partial charge in [0, 0.05) is 29.3 Å². The Hall–Kier alpha value is -3.80. The van der Waals surface area contributed by atoms with Gasteiger partial charge in [-0.3, -0.25) is 14.3 Å². The molecule has 0 spiro atoms. The van der Waals surface area contributed by atoms with Gasteiger partial charge in [-0.1, -0.05) is 43.3 Å². The minimum absolute atomic E-state index is 0.453. The molecule has 0 aliphatic rings. The number of carbonyl (C=O) groups is 1. The molecular weight excluding hydrogens is 362 g/mol. The Morgan fingerprint density at radius 2 is 1.76 bits per heavy atom. The fourth-order valence-corrected chi connectivity index (χ4v) is 3.42. The molecule has 4 rings (SSSR count). The van der Waals surface area contributed by atoms with Crippen molar-refractivity contribution in [1.29, 1.82) is 0 Å². The number of aryl methyl sites for hydroxylation is 1. The van der Waals surface area contributed by atoms with E-state index in [2.05, 4.69) is 15.2 Å². The van der Waals surface area contributed by atoms with Crippen LogP contribution < -0.4 is 5.73 Å². The van der Waals surface area contributed by atoms with Crippen LogP contribution in [0.15, 0.2) is 66.9 Å². The van der Waals surface area contributed by atoms with E-state index in [4.69, 9.17) is 5.73 Å². The highest BCUT2D eigenvalue weighted by atomic mass is 16.1. The lowest BCUT2D eigenvalue weighted by molar-refractivity contribution is 0.0999. The van der Waals surface area contributed by atoms with Gasteiger partial charge in [-0.15, -0.1) is 10.2 Å². The summed E-state index contributed by atoms with van der Waals surface area (Å²) in [6.45, 7) is 3.91. The molecule has 6 heteroatoms. The first-order valence-electron chi connectivity index (χ1n) is 9.46. The number of nitrogens with two attached hydrogens (primary N) is 1. The maximum atomic E-state index is 11.8. The summed E-state index contributed by atoms with van der Waals surface area (Å²) in [5, 5.41) is 8.76. The molecule has 2 N–H and O–H groups in total. The van der Waals surface area contributed by atoms with Crippen LogP contribution in [-0.4, -0.2) is 25.7 Å². The third kappa shape index (κ3) is 3.40. The summed E-state index contributed by atoms with van der Waals surface area (Å²) >= 11 is 0. The SMILES string of the molecule is CCc1nnc(-c2ccc(-c3ccccc3)nc2)n1-c1cccc(C(N)=O)c1C. The van der Waals surface area contributed by atoms with E-state index in [9.17, 15) is 4.79 Å². The standard InChI is InChI=1S/C23H21N5O/c1-3-21-26-27-23(28(21)20-11-7-10-18(15(20)2)22(24)29)17-12-13-19(25-14-17)16-8-5-4-6-9-16/h4-14H,3H2,1-2H3,(H2,24,29). The third-order valence-corrected chi connectivity index (χ3v) is 4.95. The third-order valence-electron chi connectivity index (χ3n) is 4.95. The van der Waals surface area contributed by atoms with Crippen molar-refractivity contribution in [2.75, 3.05) is 0 Å². The molecule has 0 radical (unpaired) electrons. The highest BCUT2D eigenvalue weighted by Gasteiger charge is 2.18. The zero-order valence-electron chi connectivity index (χ0n) is 16.3. The van der Waals surface area contributed by atoms with Crippen molar-refractivity contribution in [3.05, 3.63) is 83.8 Å². The summed E-state index contributed by atoms with van der Waals surface area (Å²) < 4.78 is 1.97. The van der Waals surface area contributed by atoms with Crippen LogP contribution in [0.4, 0.5) is 0 Å². The van der Waals surface area contributed by atoms with Crippen molar-refractivity contribution < 1.29 is 4.79 Å². The lowest BCUT2D eigenvalue weighted by Crippen LogP contribution is -2.15. The van der Waals surface area contributed by atoms with Crippen molar-refractivity contribution >= 4 is 5.91 Å². The second-order valence-electron chi connectivity index (χ2n) is 6.74. The summed E-state index contributed by atoms with van der Waals surface area (Å²) in [7, 11) is 0. The molecule has 0 atom stereocenters. The Balaban J connectivity index is 1.82. The van der Waals surface area contributed by atoms with Crippen LogP contribution in [0.25, 0.3) is 28.3 Å². The topological polar surface area (TPSA) is 86.7 Å². The van der Waals surface area contributed by atoms with Gasteiger partial charge in [0.1, 0.15) is 5.82 Å². The summed E-state index contributed by atoms with van der Waals surface area (Å²) in [5.74, 6) is 1.03. The van der Waals surface area contributed by atoms with Crippen LogP contribution in [0.1, 0.15) is 28.7 Å². The van der Waals surface area contributed by atoms with Gasteiger partial charge in [0.25, 0.3) is 0 Å². The quantitative estimate of drug-likeness (QED) is 0.565. The molecule has 2 heterocycles. The van der Waals surface area contributed by atoms with Gasteiger partial charge in [-0.2, -0.15) is 0 Å². The summed E-state index contributed by atoms with van der Waals surface area (Å²) in [4.78, 5) is 16.4. The first kappa shape index (κ1) is 18.6. The van der Waals surface area contributed by atoms with E-state index in [1.165, 1.54) is 0 Å². The van der Waals surface area contributed by atoms with Crippen molar-refractivity contribution in [3.8, 4) is 28.3 Å². The summed E-state index contributed by atoms with van der Waals surface area (Å²) in [6, 6.07) is 19.5. The number of carbonyl (C=O) groups excluding carboxylic acids is 1. The largest absolute Gasteiger partial charge is 0.366 e. The highest BCUT2D eigenvalue weighted by Crippen LogP contribution is 2.27. The van der Waals surface area contributed by atoms with Crippen molar-refractivity contribution in [1.82, 2.24) is 19.7 Å². The second-order valence-corrected chi connectivity index (χ2v) is 6.74. The molecule has 2 aromatic carbocycles. The normalized spacial score (nSPS) is 10.8. The Labute approximate surface area is 169 Å². The molecule has 144 valence electrons. The van der Waals surface area contributed by atoms with Gasteiger partial charge < -0.3 is 5.73 Å². The number of amides is 1. The monoisotopic (exact) mass is 383 g/mol. The number of rotatable bonds is 5. The van der Waals surface area contributed by atoms with E-state index >= 15 is 0 Å². The predicted octanol–water partition coefficient (Wildman–Crippen LogP) is 3.97. The van der Waals surface area contributed by atoms with Crippen LogP contribution in [0.2, 0.25) is 0 Å². The smallest absolute Gasteiger partial charge is 0.249 e. The first-order chi connectivity index (χ1) is 14.1. The van der Waals surface area contributed by atoms with Crippen LogP contribution >= 0.6 is 0 Å². The highest BCUT2D eigenvalue weighted by molar-refractivity contribution is 5.95. The van der Waals surface area contributed by atoms with Gasteiger partial charge in [-0.05, 0) is 36.8 Å². The molecule has 4 aromatic rings. The fraction of sp³-hybridized carbons (Fsp3) is 0.130. The molecule has 1 amide bonds. The number of aromatic nitrogens is 4. The molecule has 0 aliphatic carbocycles. The van der Waals surface area contributed by atoms with Gasteiger partial charge in [-0.25, -0.2) is 0 Å². The van der Waals surface area contributed by atoms with Crippen LogP contribution in [0.5, 0.6) is 0 Å². The molecule has 6 nitrogen and oxygen atoms in total. The molecule has 0 bridgehead atoms. The van der Waals surface area contributed by atoms with E-state index in [1.54, 1.807) is 12.3 Å². The zero-order chi connectivity index (χ0) is 20.4. The maximum Gasteiger partial charge on any atom is 0.249 e. The molecule has 29 heavy (non-hydrogen) atoms. The van der Waals surface area contributed by atoms with E-state index in [-0.39, 0.29) is 0 Å². The Bertz CT molecular complexity index is 1160. The average Bonchev–Trinajstić information content (AvgIpc) is 3.18. The molecule has 0 unspecified atom stereocenters. The molecule has 0 fully saturated rings. The van der Waals surface area contributed by atoms with E-state index < -0.39 is 5.91 Å². The molecule has 2 aromatic heterocycles. The Kier molecular flexibility index (Phi) is 4.91. The fourth-order valence-electron chi connectivity index (χ4n) is 3.42. The van der Waals surface area contributed by atoms with E-state index in [0.717, 1.165) is 33.9 Å². The van der Waals surface area contributed by atoms with Gasteiger partial charge in [0.15, 0.2) is 5.82 Å². The molecule has 0 aliphatic heterocycles. The van der Waals surface area contributed by atoms with Crippen molar-refractivity contribution in [3.63, 3.8) is 0 Å². The first-order valence-corrected chi connectivity index (χ1v) is 9.46. The molecule has 0 saturated heterocycles. The number of primary amides is 1. The summed E-state index contributed by atoms with van der Waals surface area (Å²) in [6.07, 6.45) is 2.50. The average molecular weight is 383 g/mol. The lowest BCUT2D eigenvalue weighted by atomic mass is 10.1. The molecular formula is C23H21N5O. The second kappa shape index (κ2) is 7.67. The minimum atomic E-state index is -0.453. The summed E-state index contributed by atoms with van der Waals surface area (Å²) in [5.41, 5.74) is 10.5. The number of pyridine rings is 1. The van der Waals surface area contributed by atoms with Crippen molar-refractivity contribution in [2.24, 2.45) is 5.73 Å². The van der Waals surface area contributed by atoms with Gasteiger partial charge in [0.2, 0.25) is 5.91 Å². The Morgan fingerprint density at radius 1 is 0.966 bits per heavy atom. The number of hydrogen-bond acceptors (Lipinski definition) is 4. The maximum absolute atomic E-state index is 11.8. The lowest BCUT2D eigenvalue weighted by Gasteiger charge is -2.14. The van der Waals surface area contributed by atoms with Crippen molar-refractivity contribution in [2.45, 2.75) is 20.3 Å². The van der Waals surface area contributed by atoms with Crippen LogP contribution in [-0.2, 0) is 6.42 Å². The van der Waals surface area contributed by atoms with E-state index in [1.807, 2.05) is 73.0 Å². The van der Waals surface area contributed by atoms with Gasteiger partial charge in [0.05, 0.1) is 11.4 Å². The Morgan fingerprint density at radius 3 is 2.41 bits per heavy atom. The van der Waals surface area contributed by atoms with Crippen LogP contribution in [0, 0.1) is 6.92 Å².